The summed E-state index contributed by atoms with van der Waals surface area (Å²) in [5.74, 6) is 0.777. The molecule has 0 aliphatic carbocycles. The number of nitrogens with one attached hydrogen (secondary N) is 2. The molecule has 2 heterocycles. The van der Waals surface area contributed by atoms with Gasteiger partial charge >= 0.3 is 0 Å². The molecular formula is C15H20N4O. The van der Waals surface area contributed by atoms with Crippen molar-refractivity contribution in [3.63, 3.8) is 0 Å². The van der Waals surface area contributed by atoms with Crippen LogP contribution < -0.4 is 10.9 Å². The molecule has 1 aliphatic heterocycles. The minimum Gasteiger partial charge on any atom is -0.314 e. The minimum atomic E-state index is -0.0426. The standard InChI is InChI=1S/C15H20N4O/c1-11-10-16-7-9-19(11)8-6-14-17-13-5-3-2-4-12(13)15(20)18-14/h2-5,11,16H,6-10H2,1H3,(H,17,18,20)/t11-/m1/s1. The number of aromatic nitrogens is 2. The first kappa shape index (κ1) is 13.3. The van der Waals surface area contributed by atoms with Gasteiger partial charge in [0.1, 0.15) is 5.82 Å². The van der Waals surface area contributed by atoms with E-state index in [-0.39, 0.29) is 5.56 Å². The predicted octanol–water partition coefficient (Wildman–Crippen LogP) is 0.759. The Morgan fingerprint density at radius 3 is 3.10 bits per heavy atom. The Hall–Kier alpha value is -1.72. The van der Waals surface area contributed by atoms with Crippen LogP contribution in [0, 0.1) is 0 Å². The van der Waals surface area contributed by atoms with Gasteiger partial charge in [0.2, 0.25) is 0 Å². The predicted molar refractivity (Wildman–Crippen MR) is 80.0 cm³/mol. The summed E-state index contributed by atoms with van der Waals surface area (Å²) in [7, 11) is 0. The summed E-state index contributed by atoms with van der Waals surface area (Å²) in [6.45, 7) is 6.28. The van der Waals surface area contributed by atoms with Gasteiger partial charge in [-0.2, -0.15) is 0 Å². The van der Waals surface area contributed by atoms with Gasteiger partial charge in [-0.05, 0) is 19.1 Å². The van der Waals surface area contributed by atoms with Gasteiger partial charge in [0, 0.05) is 38.6 Å². The van der Waals surface area contributed by atoms with Crippen LogP contribution in [0.1, 0.15) is 12.7 Å². The van der Waals surface area contributed by atoms with E-state index in [9.17, 15) is 4.79 Å². The Bertz CT molecular complexity index is 652. The molecule has 5 nitrogen and oxygen atoms in total. The van der Waals surface area contributed by atoms with Crippen molar-refractivity contribution >= 4 is 10.9 Å². The third-order valence-electron chi connectivity index (χ3n) is 3.94. The number of aromatic amines is 1. The third kappa shape index (κ3) is 2.73. The van der Waals surface area contributed by atoms with Crippen LogP contribution in [0.2, 0.25) is 0 Å². The van der Waals surface area contributed by atoms with E-state index in [0.29, 0.717) is 11.4 Å². The highest BCUT2D eigenvalue weighted by Crippen LogP contribution is 2.07. The number of para-hydroxylation sites is 1. The van der Waals surface area contributed by atoms with Crippen molar-refractivity contribution in [2.75, 3.05) is 26.2 Å². The van der Waals surface area contributed by atoms with Crippen molar-refractivity contribution in [2.24, 2.45) is 0 Å². The van der Waals surface area contributed by atoms with E-state index in [2.05, 4.69) is 27.1 Å². The highest BCUT2D eigenvalue weighted by Gasteiger charge is 2.17. The molecule has 1 aromatic heterocycles. The monoisotopic (exact) mass is 272 g/mol. The molecule has 1 saturated heterocycles. The second kappa shape index (κ2) is 5.73. The molecule has 5 heteroatoms. The SMILES string of the molecule is C[C@@H]1CNCCN1CCc1nc2ccccc2c(=O)[nH]1. The molecule has 0 amide bonds. The first-order valence-electron chi connectivity index (χ1n) is 7.17. The normalized spacial score (nSPS) is 20.4. The summed E-state index contributed by atoms with van der Waals surface area (Å²) in [6, 6.07) is 8.01. The molecule has 1 aliphatic rings. The first-order chi connectivity index (χ1) is 9.74. The average Bonchev–Trinajstić information content (AvgIpc) is 2.46. The fourth-order valence-electron chi connectivity index (χ4n) is 2.72. The Balaban J connectivity index is 1.76. The smallest absolute Gasteiger partial charge is 0.258 e. The van der Waals surface area contributed by atoms with E-state index in [1.807, 2.05) is 24.3 Å². The van der Waals surface area contributed by atoms with Gasteiger partial charge in [0.15, 0.2) is 0 Å². The molecule has 1 aromatic carbocycles. The Kier molecular flexibility index (Phi) is 3.80. The fraction of sp³-hybridized carbons (Fsp3) is 0.467. The second-order valence-electron chi connectivity index (χ2n) is 5.37. The highest BCUT2D eigenvalue weighted by atomic mass is 16.1. The quantitative estimate of drug-likeness (QED) is 0.866. The number of hydrogen-bond donors (Lipinski definition) is 2. The van der Waals surface area contributed by atoms with Crippen LogP contribution in [0.3, 0.4) is 0 Å². The lowest BCUT2D eigenvalue weighted by Gasteiger charge is -2.33. The largest absolute Gasteiger partial charge is 0.314 e. The molecule has 0 bridgehead atoms. The number of benzene rings is 1. The topological polar surface area (TPSA) is 61.0 Å². The van der Waals surface area contributed by atoms with Crippen molar-refractivity contribution in [1.29, 1.82) is 0 Å². The van der Waals surface area contributed by atoms with E-state index in [0.717, 1.165) is 43.9 Å². The molecule has 106 valence electrons. The molecule has 0 radical (unpaired) electrons. The maximum absolute atomic E-state index is 12.0. The van der Waals surface area contributed by atoms with Gasteiger partial charge < -0.3 is 10.3 Å². The number of nitrogens with zero attached hydrogens (tertiary/aromatic N) is 2. The van der Waals surface area contributed by atoms with E-state index in [1.54, 1.807) is 0 Å². The molecule has 0 saturated carbocycles. The Morgan fingerprint density at radius 2 is 2.25 bits per heavy atom. The Labute approximate surface area is 118 Å². The van der Waals surface area contributed by atoms with Gasteiger partial charge in [0.05, 0.1) is 10.9 Å². The summed E-state index contributed by atoms with van der Waals surface area (Å²) < 4.78 is 0. The zero-order valence-corrected chi connectivity index (χ0v) is 11.7. The number of fused-ring (bicyclic) bond motifs is 1. The molecule has 1 fully saturated rings. The minimum absolute atomic E-state index is 0.0426. The Morgan fingerprint density at radius 1 is 1.40 bits per heavy atom. The molecule has 20 heavy (non-hydrogen) atoms. The molecule has 0 spiro atoms. The van der Waals surface area contributed by atoms with Crippen molar-refractivity contribution in [3.8, 4) is 0 Å². The summed E-state index contributed by atoms with van der Waals surface area (Å²) in [4.78, 5) is 21.9. The van der Waals surface area contributed by atoms with Crippen LogP contribution in [0.15, 0.2) is 29.1 Å². The molecule has 1 atom stereocenters. The average molecular weight is 272 g/mol. The summed E-state index contributed by atoms with van der Waals surface area (Å²) in [6.07, 6.45) is 0.782. The lowest BCUT2D eigenvalue weighted by atomic mass is 10.2. The van der Waals surface area contributed by atoms with Crippen molar-refractivity contribution < 1.29 is 0 Å². The zero-order chi connectivity index (χ0) is 13.9. The fourth-order valence-corrected chi connectivity index (χ4v) is 2.72. The maximum Gasteiger partial charge on any atom is 0.258 e. The van der Waals surface area contributed by atoms with Gasteiger partial charge in [-0.25, -0.2) is 4.98 Å². The second-order valence-corrected chi connectivity index (χ2v) is 5.37. The van der Waals surface area contributed by atoms with Gasteiger partial charge in [-0.3, -0.25) is 9.69 Å². The van der Waals surface area contributed by atoms with E-state index >= 15 is 0 Å². The molecule has 2 N–H and O–H groups in total. The number of hydrogen-bond acceptors (Lipinski definition) is 4. The number of piperazine rings is 1. The number of rotatable bonds is 3. The zero-order valence-electron chi connectivity index (χ0n) is 11.7. The number of H-pyrrole nitrogens is 1. The van der Waals surface area contributed by atoms with Gasteiger partial charge in [-0.1, -0.05) is 12.1 Å². The van der Waals surface area contributed by atoms with Crippen molar-refractivity contribution in [3.05, 3.63) is 40.4 Å². The molecule has 3 rings (SSSR count). The van der Waals surface area contributed by atoms with Gasteiger partial charge in [-0.15, -0.1) is 0 Å². The first-order valence-corrected chi connectivity index (χ1v) is 7.17. The molecule has 2 aromatic rings. The van der Waals surface area contributed by atoms with E-state index in [1.165, 1.54) is 0 Å². The van der Waals surface area contributed by atoms with Crippen LogP contribution in [0.4, 0.5) is 0 Å². The molecule has 0 unspecified atom stereocenters. The highest BCUT2D eigenvalue weighted by molar-refractivity contribution is 5.77. The van der Waals surface area contributed by atoms with Crippen molar-refractivity contribution in [1.82, 2.24) is 20.2 Å². The van der Waals surface area contributed by atoms with E-state index in [4.69, 9.17) is 0 Å². The lowest BCUT2D eigenvalue weighted by Crippen LogP contribution is -2.50. The summed E-state index contributed by atoms with van der Waals surface area (Å²) in [5, 5.41) is 4.04. The summed E-state index contributed by atoms with van der Waals surface area (Å²) >= 11 is 0. The van der Waals surface area contributed by atoms with Gasteiger partial charge in [0.25, 0.3) is 5.56 Å². The lowest BCUT2D eigenvalue weighted by molar-refractivity contribution is 0.175. The van der Waals surface area contributed by atoms with Crippen LogP contribution >= 0.6 is 0 Å². The molecular weight excluding hydrogens is 252 g/mol. The van der Waals surface area contributed by atoms with Crippen LogP contribution in [0.5, 0.6) is 0 Å². The van der Waals surface area contributed by atoms with Crippen molar-refractivity contribution in [2.45, 2.75) is 19.4 Å². The van der Waals surface area contributed by atoms with Crippen LogP contribution in [0.25, 0.3) is 10.9 Å². The third-order valence-corrected chi connectivity index (χ3v) is 3.94. The maximum atomic E-state index is 12.0. The summed E-state index contributed by atoms with van der Waals surface area (Å²) in [5.41, 5.74) is 0.735. The van der Waals surface area contributed by atoms with Crippen LogP contribution in [-0.2, 0) is 6.42 Å². The van der Waals surface area contributed by atoms with Crippen LogP contribution in [-0.4, -0.2) is 47.1 Å². The van der Waals surface area contributed by atoms with E-state index < -0.39 is 0 Å².